The Bertz CT molecular complexity index is 725. The molecule has 3 amide bonds. The highest BCUT2D eigenvalue weighted by Crippen LogP contribution is 2.33. The van der Waals surface area contributed by atoms with Crippen molar-refractivity contribution in [2.24, 2.45) is 5.92 Å². The van der Waals surface area contributed by atoms with E-state index in [1.54, 1.807) is 0 Å². The summed E-state index contributed by atoms with van der Waals surface area (Å²) in [5.74, 6) is 0.387. The van der Waals surface area contributed by atoms with Gasteiger partial charge in [-0.2, -0.15) is 0 Å². The molecule has 1 atom stereocenters. The highest BCUT2D eigenvalue weighted by atomic mass is 16.5. The first-order valence-corrected chi connectivity index (χ1v) is 10.6. The molecule has 1 saturated heterocycles. The van der Waals surface area contributed by atoms with Gasteiger partial charge in [0.2, 0.25) is 5.91 Å². The van der Waals surface area contributed by atoms with E-state index in [1.165, 1.54) is 0 Å². The van der Waals surface area contributed by atoms with Crippen LogP contribution in [0.5, 0.6) is 0 Å². The van der Waals surface area contributed by atoms with E-state index in [1.807, 2.05) is 55.9 Å². The molecule has 160 valence electrons. The quantitative estimate of drug-likeness (QED) is 0.700. The Kier molecular flexibility index (Phi) is 7.00. The normalized spacial score (nSPS) is 18.6. The second-order valence-corrected chi connectivity index (χ2v) is 8.62. The van der Waals surface area contributed by atoms with E-state index in [9.17, 15) is 9.59 Å². The number of urea groups is 1. The molecule has 3 rings (SSSR count). The lowest BCUT2D eigenvalue weighted by Crippen LogP contribution is -2.38. The number of hydrogen-bond donors (Lipinski definition) is 2. The average molecular weight is 403 g/mol. The lowest BCUT2D eigenvalue weighted by atomic mass is 10.1. The van der Waals surface area contributed by atoms with Gasteiger partial charge in [-0.15, -0.1) is 0 Å². The van der Waals surface area contributed by atoms with Crippen molar-refractivity contribution in [3.05, 3.63) is 23.8 Å². The van der Waals surface area contributed by atoms with Gasteiger partial charge in [-0.3, -0.25) is 4.79 Å². The van der Waals surface area contributed by atoms with Crippen molar-refractivity contribution in [1.82, 2.24) is 10.2 Å². The Morgan fingerprint density at radius 3 is 2.55 bits per heavy atom. The maximum Gasteiger partial charge on any atom is 0.319 e. The van der Waals surface area contributed by atoms with Gasteiger partial charge in [-0.1, -0.05) is 0 Å². The highest BCUT2D eigenvalue weighted by Gasteiger charge is 2.35. The van der Waals surface area contributed by atoms with Crippen LogP contribution in [0.25, 0.3) is 0 Å². The van der Waals surface area contributed by atoms with Crippen LogP contribution in [0.2, 0.25) is 0 Å². The lowest BCUT2D eigenvalue weighted by molar-refractivity contribution is -0.134. The smallest absolute Gasteiger partial charge is 0.319 e. The van der Waals surface area contributed by atoms with E-state index >= 15 is 0 Å². The summed E-state index contributed by atoms with van der Waals surface area (Å²) in [5.41, 5.74) is 2.78. The number of amides is 3. The molecule has 1 aliphatic heterocycles. The Balaban J connectivity index is 1.79. The maximum absolute atomic E-state index is 12.9. The second kappa shape index (κ2) is 9.48. The molecule has 2 aliphatic rings. The number of ether oxygens (including phenoxy) is 1. The van der Waals surface area contributed by atoms with Gasteiger partial charge in [0.25, 0.3) is 0 Å². The van der Waals surface area contributed by atoms with Crippen LogP contribution < -0.4 is 15.5 Å². The van der Waals surface area contributed by atoms with Crippen LogP contribution >= 0.6 is 0 Å². The third-order valence-electron chi connectivity index (χ3n) is 5.29. The fourth-order valence-electron chi connectivity index (χ4n) is 3.72. The Hall–Kier alpha value is -2.28. The van der Waals surface area contributed by atoms with Crippen molar-refractivity contribution < 1.29 is 14.3 Å². The number of nitrogens with one attached hydrogen (secondary N) is 2. The molecule has 1 heterocycles. The van der Waals surface area contributed by atoms with Crippen LogP contribution in [-0.4, -0.2) is 56.2 Å². The number of anilines is 2. The monoisotopic (exact) mass is 402 g/mol. The van der Waals surface area contributed by atoms with Gasteiger partial charge in [0.05, 0.1) is 6.10 Å². The van der Waals surface area contributed by atoms with Gasteiger partial charge in [-0.05, 0) is 63.3 Å². The van der Waals surface area contributed by atoms with Crippen LogP contribution in [0, 0.1) is 5.92 Å². The van der Waals surface area contributed by atoms with Crippen LogP contribution in [0.15, 0.2) is 18.2 Å². The molecule has 7 heteroatoms. The fourth-order valence-corrected chi connectivity index (χ4v) is 3.72. The molecular formula is C22H34N4O3. The summed E-state index contributed by atoms with van der Waals surface area (Å²) in [6.45, 7) is 5.78. The maximum atomic E-state index is 12.9. The van der Waals surface area contributed by atoms with E-state index < -0.39 is 0 Å². The molecule has 0 spiro atoms. The van der Waals surface area contributed by atoms with Crippen molar-refractivity contribution in [3.8, 4) is 0 Å². The van der Waals surface area contributed by atoms with E-state index in [4.69, 9.17) is 4.74 Å². The number of carbonyl (C=O) groups excluding carboxylic acids is 2. The number of hydrogen-bond acceptors (Lipinski definition) is 4. The molecule has 0 radical (unpaired) electrons. The number of carbonyl (C=O) groups is 2. The standard InChI is InChI=1S/C22H34N4O3/c1-15(2)23-22(28)24-18-9-10-20(25(3)4)17(12-18)13-26(21(27)16-7-8-16)14-19-6-5-11-29-19/h9-10,12,15-16,19H,5-8,11,13-14H2,1-4H3,(H2,23,24,28). The molecule has 1 aromatic rings. The van der Waals surface area contributed by atoms with Gasteiger partial charge in [0.1, 0.15) is 0 Å². The van der Waals surface area contributed by atoms with E-state index in [0.29, 0.717) is 13.1 Å². The zero-order valence-electron chi connectivity index (χ0n) is 18.0. The van der Waals surface area contributed by atoms with Crippen molar-refractivity contribution in [1.29, 1.82) is 0 Å². The third-order valence-corrected chi connectivity index (χ3v) is 5.29. The third kappa shape index (κ3) is 6.10. The molecule has 0 aromatic heterocycles. The minimum absolute atomic E-state index is 0.0635. The number of rotatable bonds is 8. The predicted octanol–water partition coefficient (Wildman–Crippen LogP) is 3.20. The lowest BCUT2D eigenvalue weighted by Gasteiger charge is -2.28. The summed E-state index contributed by atoms with van der Waals surface area (Å²) in [5, 5.41) is 5.73. The van der Waals surface area contributed by atoms with Crippen molar-refractivity contribution in [3.63, 3.8) is 0 Å². The molecule has 29 heavy (non-hydrogen) atoms. The molecule has 1 aromatic carbocycles. The molecule has 2 N–H and O–H groups in total. The molecule has 7 nitrogen and oxygen atoms in total. The molecular weight excluding hydrogens is 368 g/mol. The number of benzene rings is 1. The van der Waals surface area contributed by atoms with Crippen molar-refractivity contribution >= 4 is 23.3 Å². The molecule has 2 fully saturated rings. The SMILES string of the molecule is CC(C)NC(=O)Nc1ccc(N(C)C)c(CN(CC2CCCO2)C(=O)C2CC2)c1. The van der Waals surface area contributed by atoms with E-state index in [2.05, 4.69) is 10.6 Å². The first-order chi connectivity index (χ1) is 13.8. The van der Waals surface area contributed by atoms with E-state index in [-0.39, 0.29) is 30.0 Å². The average Bonchev–Trinajstić information content (AvgIpc) is 3.37. The number of nitrogens with zero attached hydrogens (tertiary/aromatic N) is 2. The van der Waals surface area contributed by atoms with Gasteiger partial charge < -0.3 is 25.2 Å². The second-order valence-electron chi connectivity index (χ2n) is 8.62. The molecule has 1 aliphatic carbocycles. The first-order valence-electron chi connectivity index (χ1n) is 10.6. The fraction of sp³-hybridized carbons (Fsp3) is 0.636. The Labute approximate surface area is 173 Å². The molecule has 1 unspecified atom stereocenters. The van der Waals surface area contributed by atoms with Gasteiger partial charge >= 0.3 is 6.03 Å². The summed E-state index contributed by atoms with van der Waals surface area (Å²) >= 11 is 0. The van der Waals surface area contributed by atoms with Gasteiger partial charge in [0, 0.05) is 57.1 Å². The van der Waals surface area contributed by atoms with Crippen LogP contribution in [0.4, 0.5) is 16.2 Å². The Morgan fingerprint density at radius 2 is 1.97 bits per heavy atom. The summed E-state index contributed by atoms with van der Waals surface area (Å²) in [7, 11) is 3.98. The van der Waals surface area contributed by atoms with Crippen LogP contribution in [-0.2, 0) is 16.1 Å². The highest BCUT2D eigenvalue weighted by molar-refractivity contribution is 5.90. The van der Waals surface area contributed by atoms with Gasteiger partial charge in [-0.25, -0.2) is 4.79 Å². The topological polar surface area (TPSA) is 73.9 Å². The summed E-state index contributed by atoms with van der Waals surface area (Å²) < 4.78 is 5.79. The largest absolute Gasteiger partial charge is 0.377 e. The zero-order valence-corrected chi connectivity index (χ0v) is 18.0. The van der Waals surface area contributed by atoms with Crippen LogP contribution in [0.1, 0.15) is 45.1 Å². The molecule has 1 saturated carbocycles. The summed E-state index contributed by atoms with van der Waals surface area (Å²) in [6, 6.07) is 5.69. The predicted molar refractivity (Wildman–Crippen MR) is 115 cm³/mol. The Morgan fingerprint density at radius 1 is 1.21 bits per heavy atom. The first kappa shape index (κ1) is 21.4. The van der Waals surface area contributed by atoms with Crippen LogP contribution in [0.3, 0.4) is 0 Å². The van der Waals surface area contributed by atoms with Gasteiger partial charge in [0.15, 0.2) is 0 Å². The van der Waals surface area contributed by atoms with Crippen molar-refractivity contribution in [2.45, 2.75) is 58.2 Å². The summed E-state index contributed by atoms with van der Waals surface area (Å²) in [4.78, 5) is 29.0. The summed E-state index contributed by atoms with van der Waals surface area (Å²) in [6.07, 6.45) is 4.16. The minimum Gasteiger partial charge on any atom is -0.377 e. The molecule has 0 bridgehead atoms. The van der Waals surface area contributed by atoms with E-state index in [0.717, 1.165) is 49.2 Å². The van der Waals surface area contributed by atoms with Crippen molar-refractivity contribution in [2.75, 3.05) is 37.5 Å². The minimum atomic E-state index is -0.228. The zero-order chi connectivity index (χ0) is 21.0.